The average Bonchev–Trinajstić information content (AvgIpc) is 2.45. The molecule has 19 heavy (non-hydrogen) atoms. The molecular weight excluding hydrogens is 258 g/mol. The van der Waals surface area contributed by atoms with Gasteiger partial charge < -0.3 is 11.1 Å². The van der Waals surface area contributed by atoms with Crippen molar-refractivity contribution in [3.05, 3.63) is 59.8 Å². The van der Waals surface area contributed by atoms with E-state index in [1.807, 2.05) is 48.5 Å². The number of benzene rings is 2. The Balaban J connectivity index is 2.06. The summed E-state index contributed by atoms with van der Waals surface area (Å²) < 4.78 is 0. The van der Waals surface area contributed by atoms with Crippen LogP contribution in [0.2, 0.25) is 5.02 Å². The number of anilines is 3. The third-order valence-corrected chi connectivity index (χ3v) is 3.18. The van der Waals surface area contributed by atoms with E-state index >= 15 is 0 Å². The molecule has 0 aliphatic heterocycles. The Morgan fingerprint density at radius 2 is 1.79 bits per heavy atom. The summed E-state index contributed by atoms with van der Waals surface area (Å²) in [5.74, 6) is 0. The minimum Gasteiger partial charge on any atom is -0.398 e. The maximum absolute atomic E-state index is 5.95. The van der Waals surface area contributed by atoms with Crippen LogP contribution in [0.1, 0.15) is 0 Å². The van der Waals surface area contributed by atoms with Gasteiger partial charge in [-0.2, -0.15) is 0 Å². The Kier molecular flexibility index (Phi) is 2.97. The normalized spacial score (nSPS) is 10.6. The summed E-state index contributed by atoms with van der Waals surface area (Å²) in [6.45, 7) is 0. The summed E-state index contributed by atoms with van der Waals surface area (Å²) in [4.78, 5) is 4.39. The number of aromatic nitrogens is 1. The van der Waals surface area contributed by atoms with Gasteiger partial charge in [0, 0.05) is 28.0 Å². The van der Waals surface area contributed by atoms with Gasteiger partial charge in [0.15, 0.2) is 0 Å². The van der Waals surface area contributed by atoms with Gasteiger partial charge >= 0.3 is 0 Å². The summed E-state index contributed by atoms with van der Waals surface area (Å²) in [6.07, 6.45) is 1.76. The molecule has 4 heteroatoms. The molecule has 2 aromatic carbocycles. The second-order valence-electron chi connectivity index (χ2n) is 4.23. The van der Waals surface area contributed by atoms with Gasteiger partial charge in [0.25, 0.3) is 0 Å². The van der Waals surface area contributed by atoms with Gasteiger partial charge in [-0.05, 0) is 48.5 Å². The van der Waals surface area contributed by atoms with E-state index in [0.29, 0.717) is 5.02 Å². The molecule has 0 aliphatic carbocycles. The summed E-state index contributed by atoms with van der Waals surface area (Å²) in [5.41, 5.74) is 9.42. The average molecular weight is 270 g/mol. The number of halogens is 1. The highest BCUT2D eigenvalue weighted by atomic mass is 35.5. The Morgan fingerprint density at radius 1 is 1.00 bits per heavy atom. The second kappa shape index (κ2) is 4.78. The van der Waals surface area contributed by atoms with Crippen molar-refractivity contribution >= 4 is 39.6 Å². The van der Waals surface area contributed by atoms with Crippen LogP contribution in [0.15, 0.2) is 54.7 Å². The lowest BCUT2D eigenvalue weighted by Gasteiger charge is -2.10. The number of nitrogens with one attached hydrogen (secondary N) is 1. The van der Waals surface area contributed by atoms with Gasteiger partial charge in [0.1, 0.15) is 0 Å². The van der Waals surface area contributed by atoms with E-state index in [9.17, 15) is 0 Å². The molecule has 0 bridgehead atoms. The first-order valence-electron chi connectivity index (χ1n) is 5.90. The quantitative estimate of drug-likeness (QED) is 0.685. The summed E-state index contributed by atoms with van der Waals surface area (Å²) in [6, 6.07) is 15.2. The molecule has 1 heterocycles. The van der Waals surface area contributed by atoms with E-state index in [2.05, 4.69) is 10.3 Å². The Morgan fingerprint density at radius 3 is 2.58 bits per heavy atom. The Bertz CT molecular complexity index is 723. The topological polar surface area (TPSA) is 50.9 Å². The number of nitrogens with two attached hydrogens (primary N) is 1. The number of nitrogens with zero attached hydrogens (tertiary/aromatic N) is 1. The zero-order chi connectivity index (χ0) is 13.2. The summed E-state index contributed by atoms with van der Waals surface area (Å²) >= 11 is 5.87. The zero-order valence-corrected chi connectivity index (χ0v) is 10.9. The first-order chi connectivity index (χ1) is 9.24. The van der Waals surface area contributed by atoms with Crippen LogP contribution < -0.4 is 11.1 Å². The molecule has 0 aliphatic rings. The van der Waals surface area contributed by atoms with Gasteiger partial charge in [-0.25, -0.2) is 0 Å². The van der Waals surface area contributed by atoms with Crippen molar-refractivity contribution in [2.24, 2.45) is 0 Å². The molecular formula is C15H12ClN3. The van der Waals surface area contributed by atoms with E-state index in [0.717, 1.165) is 28.0 Å². The lowest BCUT2D eigenvalue weighted by Crippen LogP contribution is -1.95. The second-order valence-corrected chi connectivity index (χ2v) is 4.67. The zero-order valence-electron chi connectivity index (χ0n) is 10.1. The van der Waals surface area contributed by atoms with Crippen molar-refractivity contribution in [3.8, 4) is 0 Å². The van der Waals surface area contributed by atoms with Crippen LogP contribution in [0.4, 0.5) is 17.1 Å². The molecule has 3 N–H and O–H groups in total. The molecule has 0 atom stereocenters. The maximum atomic E-state index is 5.95. The first-order valence-corrected chi connectivity index (χ1v) is 6.27. The number of nitrogen functional groups attached to an aromatic ring is 1. The fraction of sp³-hybridized carbons (Fsp3) is 0. The maximum Gasteiger partial charge on any atom is 0.0957 e. The van der Waals surface area contributed by atoms with Gasteiger partial charge in [-0.3, -0.25) is 4.98 Å². The molecule has 3 aromatic rings. The lowest BCUT2D eigenvalue weighted by molar-refractivity contribution is 1.40. The third kappa shape index (κ3) is 2.33. The largest absolute Gasteiger partial charge is 0.398 e. The fourth-order valence-electron chi connectivity index (χ4n) is 1.98. The molecule has 0 saturated heterocycles. The van der Waals surface area contributed by atoms with E-state index in [1.54, 1.807) is 6.20 Å². The van der Waals surface area contributed by atoms with Crippen molar-refractivity contribution in [2.75, 3.05) is 11.1 Å². The van der Waals surface area contributed by atoms with Crippen LogP contribution >= 0.6 is 11.6 Å². The number of hydrogen-bond donors (Lipinski definition) is 2. The smallest absolute Gasteiger partial charge is 0.0957 e. The van der Waals surface area contributed by atoms with Crippen LogP contribution in [-0.4, -0.2) is 4.98 Å². The highest BCUT2D eigenvalue weighted by Gasteiger charge is 2.05. The van der Waals surface area contributed by atoms with Crippen molar-refractivity contribution in [3.63, 3.8) is 0 Å². The van der Waals surface area contributed by atoms with Gasteiger partial charge in [0.2, 0.25) is 0 Å². The minimum absolute atomic E-state index is 0.714. The van der Waals surface area contributed by atoms with E-state index in [1.165, 1.54) is 0 Å². The van der Waals surface area contributed by atoms with E-state index in [-0.39, 0.29) is 0 Å². The van der Waals surface area contributed by atoms with Crippen LogP contribution in [-0.2, 0) is 0 Å². The molecule has 0 amide bonds. The van der Waals surface area contributed by atoms with Gasteiger partial charge in [-0.15, -0.1) is 0 Å². The van der Waals surface area contributed by atoms with Crippen LogP contribution in [0.3, 0.4) is 0 Å². The van der Waals surface area contributed by atoms with Crippen molar-refractivity contribution in [2.45, 2.75) is 0 Å². The van der Waals surface area contributed by atoms with Crippen LogP contribution in [0.25, 0.3) is 10.9 Å². The van der Waals surface area contributed by atoms with Crippen LogP contribution in [0, 0.1) is 0 Å². The van der Waals surface area contributed by atoms with Crippen molar-refractivity contribution < 1.29 is 0 Å². The molecule has 0 spiro atoms. The monoisotopic (exact) mass is 269 g/mol. The predicted molar refractivity (Wildman–Crippen MR) is 80.9 cm³/mol. The standard InChI is InChI=1S/C15H12ClN3/c16-10-3-5-11(6-4-10)19-14-8-7-13(17)12-2-1-9-18-15(12)14/h1-9,19H,17H2. The third-order valence-electron chi connectivity index (χ3n) is 2.93. The van der Waals surface area contributed by atoms with Crippen molar-refractivity contribution in [1.82, 2.24) is 4.98 Å². The van der Waals surface area contributed by atoms with Gasteiger partial charge in [-0.1, -0.05) is 11.6 Å². The highest BCUT2D eigenvalue weighted by Crippen LogP contribution is 2.28. The summed E-state index contributed by atoms with van der Waals surface area (Å²) in [5, 5.41) is 4.98. The first kappa shape index (κ1) is 11.8. The molecule has 0 fully saturated rings. The number of rotatable bonds is 2. The van der Waals surface area contributed by atoms with Crippen molar-refractivity contribution in [1.29, 1.82) is 0 Å². The Hall–Kier alpha value is -2.26. The lowest BCUT2D eigenvalue weighted by atomic mass is 10.1. The summed E-state index contributed by atoms with van der Waals surface area (Å²) in [7, 11) is 0. The molecule has 0 radical (unpaired) electrons. The number of hydrogen-bond acceptors (Lipinski definition) is 3. The molecule has 3 nitrogen and oxygen atoms in total. The molecule has 1 aromatic heterocycles. The number of pyridine rings is 1. The highest BCUT2D eigenvalue weighted by molar-refractivity contribution is 6.30. The van der Waals surface area contributed by atoms with Gasteiger partial charge in [0.05, 0.1) is 11.2 Å². The number of fused-ring (bicyclic) bond motifs is 1. The minimum atomic E-state index is 0.714. The fourth-order valence-corrected chi connectivity index (χ4v) is 2.11. The molecule has 0 saturated carbocycles. The van der Waals surface area contributed by atoms with Crippen LogP contribution in [0.5, 0.6) is 0 Å². The predicted octanol–water partition coefficient (Wildman–Crippen LogP) is 4.21. The molecule has 0 unspecified atom stereocenters. The SMILES string of the molecule is Nc1ccc(Nc2ccc(Cl)cc2)c2ncccc12. The van der Waals surface area contributed by atoms with E-state index < -0.39 is 0 Å². The van der Waals surface area contributed by atoms with E-state index in [4.69, 9.17) is 17.3 Å². The molecule has 94 valence electrons. The molecule has 3 rings (SSSR count). The Labute approximate surface area is 116 Å².